The van der Waals surface area contributed by atoms with Crippen LogP contribution in [0.5, 0.6) is 0 Å². The normalized spacial score (nSPS) is 13.3. The Morgan fingerprint density at radius 1 is 1.11 bits per heavy atom. The van der Waals surface area contributed by atoms with Crippen molar-refractivity contribution in [3.63, 3.8) is 0 Å². The Bertz CT molecular complexity index is 319. The first-order valence-electron chi connectivity index (χ1n) is 7.04. The molecule has 0 atom stereocenters. The monoisotopic (exact) mass is 247 g/mol. The first kappa shape index (κ1) is 16.9. The fourth-order valence-corrected chi connectivity index (χ4v) is 1.64. The van der Waals surface area contributed by atoms with Crippen molar-refractivity contribution in [3.8, 4) is 0 Å². The summed E-state index contributed by atoms with van der Waals surface area (Å²) >= 11 is 0. The van der Waals surface area contributed by atoms with E-state index in [1.165, 1.54) is 23.1 Å². The maximum Gasteiger partial charge on any atom is -0.00115 e. The summed E-state index contributed by atoms with van der Waals surface area (Å²) in [5, 5.41) is 3.19. The van der Waals surface area contributed by atoms with Gasteiger partial charge in [-0.05, 0) is 45.4 Å². The van der Waals surface area contributed by atoms with E-state index in [9.17, 15) is 0 Å². The van der Waals surface area contributed by atoms with Gasteiger partial charge in [-0.1, -0.05) is 62.3 Å². The lowest BCUT2D eigenvalue weighted by Gasteiger charge is -2.05. The maximum absolute atomic E-state index is 4.02. The Balaban J connectivity index is 4.74. The topological polar surface area (TPSA) is 12.0 Å². The third-order valence-corrected chi connectivity index (χ3v) is 2.93. The quantitative estimate of drug-likeness (QED) is 0.578. The average Bonchev–Trinajstić information content (AvgIpc) is 2.40. The van der Waals surface area contributed by atoms with Gasteiger partial charge in [0.2, 0.25) is 0 Å². The van der Waals surface area contributed by atoms with Crippen LogP contribution in [0, 0.1) is 0 Å². The number of hydrogen-bond acceptors (Lipinski definition) is 1. The summed E-state index contributed by atoms with van der Waals surface area (Å²) in [5.41, 5.74) is 3.99. The predicted molar refractivity (Wildman–Crippen MR) is 83.9 cm³/mol. The molecule has 0 aromatic carbocycles. The van der Waals surface area contributed by atoms with Gasteiger partial charge in [-0.15, -0.1) is 0 Å². The van der Waals surface area contributed by atoms with Crippen molar-refractivity contribution in [2.75, 3.05) is 13.6 Å². The van der Waals surface area contributed by atoms with Crippen LogP contribution in [0.25, 0.3) is 0 Å². The molecule has 0 saturated carbocycles. The van der Waals surface area contributed by atoms with Crippen LogP contribution in [0.15, 0.2) is 47.6 Å². The highest BCUT2D eigenvalue weighted by Crippen LogP contribution is 2.14. The van der Waals surface area contributed by atoms with Crippen LogP contribution < -0.4 is 5.32 Å². The fourth-order valence-electron chi connectivity index (χ4n) is 1.64. The van der Waals surface area contributed by atoms with Crippen LogP contribution in [0.2, 0.25) is 0 Å². The molecule has 0 aromatic rings. The zero-order valence-electron chi connectivity index (χ0n) is 12.6. The molecule has 0 aliphatic heterocycles. The van der Waals surface area contributed by atoms with E-state index in [0.717, 1.165) is 25.8 Å². The van der Waals surface area contributed by atoms with Gasteiger partial charge in [0.15, 0.2) is 0 Å². The van der Waals surface area contributed by atoms with Crippen LogP contribution >= 0.6 is 0 Å². The molecule has 0 aliphatic carbocycles. The Morgan fingerprint density at radius 2 is 1.83 bits per heavy atom. The number of nitrogens with one attached hydrogen (secondary N) is 1. The van der Waals surface area contributed by atoms with Crippen LogP contribution in [0.3, 0.4) is 0 Å². The van der Waals surface area contributed by atoms with Gasteiger partial charge < -0.3 is 5.32 Å². The zero-order valence-corrected chi connectivity index (χ0v) is 12.6. The Hall–Kier alpha value is -1.08. The molecule has 0 aliphatic rings. The molecule has 0 unspecified atom stereocenters. The summed E-state index contributed by atoms with van der Waals surface area (Å²) in [6.07, 6.45) is 13.3. The van der Waals surface area contributed by atoms with E-state index < -0.39 is 0 Å². The van der Waals surface area contributed by atoms with Gasteiger partial charge in [0.25, 0.3) is 0 Å². The second kappa shape index (κ2) is 11.0. The van der Waals surface area contributed by atoms with Crippen LogP contribution in [-0.2, 0) is 0 Å². The molecule has 1 N–H and O–H groups in total. The van der Waals surface area contributed by atoms with Crippen molar-refractivity contribution < 1.29 is 0 Å². The highest BCUT2D eigenvalue weighted by molar-refractivity contribution is 5.33. The Morgan fingerprint density at radius 3 is 2.33 bits per heavy atom. The third kappa shape index (κ3) is 8.08. The Kier molecular flexibility index (Phi) is 10.4. The molecule has 1 nitrogen and oxygen atoms in total. The molecule has 0 aromatic heterocycles. The van der Waals surface area contributed by atoms with E-state index in [2.05, 4.69) is 57.0 Å². The minimum atomic E-state index is 1.02. The SMILES string of the molecule is C=C(/C=C/C(=C/C(=C/C)CCNC)CCC)CC. The summed E-state index contributed by atoms with van der Waals surface area (Å²) in [6.45, 7) is 11.5. The highest BCUT2D eigenvalue weighted by Gasteiger charge is 1.96. The van der Waals surface area contributed by atoms with Crippen LogP contribution in [0.1, 0.15) is 46.5 Å². The standard InChI is InChI=1S/C17H29N/c1-6-9-17(11-10-15(4)7-2)14-16(8-3)12-13-18-5/h8,10-11,14,18H,4,6-7,9,12-13H2,1-3,5H3/b11-10+,16-8+,17-14+. The van der Waals surface area contributed by atoms with E-state index in [1.807, 2.05) is 7.05 Å². The lowest BCUT2D eigenvalue weighted by Crippen LogP contribution is -2.07. The lowest BCUT2D eigenvalue weighted by molar-refractivity contribution is 0.791. The van der Waals surface area contributed by atoms with Gasteiger partial charge in [0.05, 0.1) is 0 Å². The van der Waals surface area contributed by atoms with Gasteiger partial charge in [0, 0.05) is 0 Å². The zero-order chi connectivity index (χ0) is 13.8. The molecule has 102 valence electrons. The van der Waals surface area contributed by atoms with E-state index in [1.54, 1.807) is 0 Å². The third-order valence-electron chi connectivity index (χ3n) is 2.93. The van der Waals surface area contributed by atoms with Gasteiger partial charge in [-0.2, -0.15) is 0 Å². The lowest BCUT2D eigenvalue weighted by atomic mass is 10.0. The summed E-state index contributed by atoms with van der Waals surface area (Å²) in [6, 6.07) is 0. The van der Waals surface area contributed by atoms with Crippen LogP contribution in [-0.4, -0.2) is 13.6 Å². The summed E-state index contributed by atoms with van der Waals surface area (Å²) in [4.78, 5) is 0. The van der Waals surface area contributed by atoms with E-state index in [-0.39, 0.29) is 0 Å². The molecule has 0 heterocycles. The highest BCUT2D eigenvalue weighted by atomic mass is 14.8. The van der Waals surface area contributed by atoms with Crippen molar-refractivity contribution in [2.24, 2.45) is 0 Å². The first-order chi connectivity index (χ1) is 8.67. The number of rotatable bonds is 9. The fraction of sp³-hybridized carbons (Fsp3) is 0.529. The molecule has 1 heteroatoms. The van der Waals surface area contributed by atoms with Crippen molar-refractivity contribution >= 4 is 0 Å². The minimum absolute atomic E-state index is 1.02. The van der Waals surface area contributed by atoms with Gasteiger partial charge >= 0.3 is 0 Å². The first-order valence-corrected chi connectivity index (χ1v) is 7.04. The molecule has 0 spiro atoms. The van der Waals surface area contributed by atoms with Gasteiger partial charge in [-0.25, -0.2) is 0 Å². The molecule has 18 heavy (non-hydrogen) atoms. The minimum Gasteiger partial charge on any atom is -0.319 e. The molecule has 0 amide bonds. The number of hydrogen-bond donors (Lipinski definition) is 1. The predicted octanol–water partition coefficient (Wildman–Crippen LogP) is 4.79. The van der Waals surface area contributed by atoms with Crippen molar-refractivity contribution in [1.29, 1.82) is 0 Å². The molecule has 0 fully saturated rings. The summed E-state index contributed by atoms with van der Waals surface area (Å²) in [5.74, 6) is 0. The average molecular weight is 247 g/mol. The summed E-state index contributed by atoms with van der Waals surface area (Å²) < 4.78 is 0. The largest absolute Gasteiger partial charge is 0.319 e. The Labute approximate surface area is 113 Å². The molecular formula is C17H29N. The van der Waals surface area contributed by atoms with E-state index >= 15 is 0 Å². The van der Waals surface area contributed by atoms with E-state index in [0.29, 0.717) is 0 Å². The van der Waals surface area contributed by atoms with Crippen molar-refractivity contribution in [3.05, 3.63) is 47.6 Å². The molecule has 0 bridgehead atoms. The van der Waals surface area contributed by atoms with Gasteiger partial charge in [-0.3, -0.25) is 0 Å². The smallest absolute Gasteiger partial charge is 0.00115 e. The summed E-state index contributed by atoms with van der Waals surface area (Å²) in [7, 11) is 2.00. The molecule has 0 radical (unpaired) electrons. The van der Waals surface area contributed by atoms with Crippen molar-refractivity contribution in [1.82, 2.24) is 5.32 Å². The second-order valence-electron chi connectivity index (χ2n) is 4.53. The van der Waals surface area contributed by atoms with Crippen LogP contribution in [0.4, 0.5) is 0 Å². The maximum atomic E-state index is 4.02. The van der Waals surface area contributed by atoms with Gasteiger partial charge in [0.1, 0.15) is 0 Å². The van der Waals surface area contributed by atoms with Crippen molar-refractivity contribution in [2.45, 2.75) is 46.5 Å². The van der Waals surface area contributed by atoms with E-state index in [4.69, 9.17) is 0 Å². The molecular weight excluding hydrogens is 218 g/mol. The number of allylic oxidation sites excluding steroid dienone is 6. The molecule has 0 rings (SSSR count). The second-order valence-corrected chi connectivity index (χ2v) is 4.53. The molecule has 0 saturated heterocycles.